The van der Waals surface area contributed by atoms with Gasteiger partial charge in [0.2, 0.25) is 0 Å². The molecule has 0 aliphatic heterocycles. The maximum Gasteiger partial charge on any atom is 0.679 e. The molecule has 0 aromatic rings. The van der Waals surface area contributed by atoms with Gasteiger partial charge < -0.3 is 23.4 Å². The molecule has 0 aliphatic rings. The van der Waals surface area contributed by atoms with Crippen LogP contribution in [-0.4, -0.2) is 43.0 Å². The van der Waals surface area contributed by atoms with Crippen LogP contribution in [0.1, 0.15) is 19.8 Å². The largest absolute Gasteiger partial charge is 0.679 e. The van der Waals surface area contributed by atoms with Crippen LogP contribution in [-0.2, 0) is 17.7 Å². The summed E-state index contributed by atoms with van der Waals surface area (Å²) < 4.78 is 21.0. The highest BCUT2D eigenvalue weighted by atomic mass is 28.4. The predicted octanol–water partition coefficient (Wildman–Crippen LogP) is 0.505. The zero-order valence-corrected chi connectivity index (χ0v) is 10.4. The van der Waals surface area contributed by atoms with E-state index in [2.05, 4.69) is 0 Å². The third-order valence-corrected chi connectivity index (χ3v) is 4.10. The van der Waals surface area contributed by atoms with Crippen molar-refractivity contribution in [3.63, 3.8) is 0 Å². The highest BCUT2D eigenvalue weighted by Crippen LogP contribution is 2.13. The predicted molar refractivity (Wildman–Crippen MR) is 55.6 cm³/mol. The van der Waals surface area contributed by atoms with E-state index >= 15 is 0 Å². The van der Waals surface area contributed by atoms with Gasteiger partial charge in [0.25, 0.3) is 0 Å². The van der Waals surface area contributed by atoms with Gasteiger partial charge in [-0.2, -0.15) is 0 Å². The minimum absolute atomic E-state index is 0.0325. The van der Waals surface area contributed by atoms with E-state index < -0.39 is 9.05 Å². The molecular formula is C8H21NO4Si. The molecule has 0 bridgehead atoms. The summed E-state index contributed by atoms with van der Waals surface area (Å²) in [5.41, 5.74) is 5.40. The fourth-order valence-electron chi connectivity index (χ4n) is 1.10. The van der Waals surface area contributed by atoms with Crippen molar-refractivity contribution in [1.29, 1.82) is 0 Å². The van der Waals surface area contributed by atoms with E-state index in [1.165, 1.54) is 21.3 Å². The van der Waals surface area contributed by atoms with Crippen molar-refractivity contribution in [1.82, 2.24) is 0 Å². The van der Waals surface area contributed by atoms with Crippen LogP contribution in [0.5, 0.6) is 0 Å². The molecule has 0 heterocycles. The van der Waals surface area contributed by atoms with Crippen molar-refractivity contribution < 1.29 is 17.7 Å². The topological polar surface area (TPSA) is 62.9 Å². The first-order valence-corrected chi connectivity index (χ1v) is 6.30. The van der Waals surface area contributed by atoms with Crippen LogP contribution in [0.3, 0.4) is 0 Å². The Kier molecular flexibility index (Phi) is 7.34. The van der Waals surface area contributed by atoms with E-state index in [-0.39, 0.29) is 6.10 Å². The Morgan fingerprint density at radius 1 is 1.14 bits per heavy atom. The van der Waals surface area contributed by atoms with Crippen LogP contribution < -0.4 is 5.73 Å². The molecule has 86 valence electrons. The minimum atomic E-state index is -2.87. The van der Waals surface area contributed by atoms with E-state index in [0.717, 1.165) is 12.8 Å². The van der Waals surface area contributed by atoms with Crippen LogP contribution in [0, 0.1) is 0 Å². The van der Waals surface area contributed by atoms with E-state index in [4.69, 9.17) is 23.4 Å². The van der Waals surface area contributed by atoms with Crippen molar-refractivity contribution in [3.05, 3.63) is 0 Å². The SMILES string of the molecule is CO[Si](OC)(OC)OC(C)CCCN. The second-order valence-corrected chi connectivity index (χ2v) is 5.43. The summed E-state index contributed by atoms with van der Waals surface area (Å²) in [6, 6.07) is 0. The first kappa shape index (κ1) is 14.0. The maximum absolute atomic E-state index is 5.60. The smallest absolute Gasteiger partial charge is 0.355 e. The van der Waals surface area contributed by atoms with Crippen molar-refractivity contribution in [3.8, 4) is 0 Å². The molecule has 0 fully saturated rings. The Hall–Kier alpha value is 0.0169. The molecule has 0 radical (unpaired) electrons. The fraction of sp³-hybridized carbons (Fsp3) is 1.00. The molecule has 1 unspecified atom stereocenters. The van der Waals surface area contributed by atoms with Crippen LogP contribution in [0.2, 0.25) is 0 Å². The van der Waals surface area contributed by atoms with Gasteiger partial charge in [-0.25, -0.2) is 0 Å². The number of nitrogens with two attached hydrogens (primary N) is 1. The first-order chi connectivity index (χ1) is 6.64. The molecule has 0 aromatic carbocycles. The van der Waals surface area contributed by atoms with Crippen molar-refractivity contribution in [2.24, 2.45) is 5.73 Å². The van der Waals surface area contributed by atoms with E-state index in [0.29, 0.717) is 6.54 Å². The van der Waals surface area contributed by atoms with E-state index in [1.807, 2.05) is 6.92 Å². The zero-order valence-electron chi connectivity index (χ0n) is 9.41. The molecule has 0 saturated heterocycles. The zero-order chi connectivity index (χ0) is 11.0. The van der Waals surface area contributed by atoms with Gasteiger partial charge in [0.15, 0.2) is 0 Å². The van der Waals surface area contributed by atoms with Crippen LogP contribution in [0.25, 0.3) is 0 Å². The summed E-state index contributed by atoms with van der Waals surface area (Å²) in [6.45, 7) is 2.61. The van der Waals surface area contributed by atoms with Crippen LogP contribution >= 0.6 is 0 Å². The lowest BCUT2D eigenvalue weighted by Crippen LogP contribution is -2.48. The van der Waals surface area contributed by atoms with Crippen molar-refractivity contribution >= 4 is 9.05 Å². The summed E-state index contributed by atoms with van der Waals surface area (Å²) in [5, 5.41) is 0. The Labute approximate surface area is 87.0 Å². The van der Waals surface area contributed by atoms with E-state index in [1.54, 1.807) is 0 Å². The lowest BCUT2D eigenvalue weighted by molar-refractivity contribution is -0.0196. The summed E-state index contributed by atoms with van der Waals surface area (Å²) in [6.07, 6.45) is 1.83. The quantitative estimate of drug-likeness (QED) is 0.607. The average molecular weight is 223 g/mol. The number of rotatable bonds is 8. The number of hydrogen-bond acceptors (Lipinski definition) is 5. The molecule has 2 N–H and O–H groups in total. The fourth-order valence-corrected chi connectivity index (χ4v) is 2.50. The number of hydrogen-bond donors (Lipinski definition) is 1. The van der Waals surface area contributed by atoms with Crippen molar-refractivity contribution in [2.45, 2.75) is 25.9 Å². The third-order valence-electron chi connectivity index (χ3n) is 1.91. The molecule has 0 amide bonds. The first-order valence-electron chi connectivity index (χ1n) is 4.67. The van der Waals surface area contributed by atoms with Gasteiger partial charge in [0.05, 0.1) is 0 Å². The highest BCUT2D eigenvalue weighted by Gasteiger charge is 2.43. The summed E-state index contributed by atoms with van der Waals surface area (Å²) in [7, 11) is 1.70. The van der Waals surface area contributed by atoms with Gasteiger partial charge in [-0.05, 0) is 26.3 Å². The van der Waals surface area contributed by atoms with Gasteiger partial charge in [0, 0.05) is 27.4 Å². The van der Waals surface area contributed by atoms with Gasteiger partial charge in [-0.3, -0.25) is 0 Å². The second-order valence-electron chi connectivity index (χ2n) is 2.97. The highest BCUT2D eigenvalue weighted by molar-refractivity contribution is 6.53. The van der Waals surface area contributed by atoms with Gasteiger partial charge in [-0.15, -0.1) is 0 Å². The van der Waals surface area contributed by atoms with Crippen LogP contribution in [0.15, 0.2) is 0 Å². The standard InChI is InChI=1S/C8H21NO4Si/c1-8(6-5-7-9)13-14(10-2,11-3)12-4/h8H,5-7,9H2,1-4H3. The Morgan fingerprint density at radius 2 is 1.64 bits per heavy atom. The molecule has 0 spiro atoms. The second kappa shape index (κ2) is 7.33. The molecule has 0 rings (SSSR count). The molecule has 0 aromatic heterocycles. The van der Waals surface area contributed by atoms with Crippen molar-refractivity contribution in [2.75, 3.05) is 27.9 Å². The monoisotopic (exact) mass is 223 g/mol. The van der Waals surface area contributed by atoms with E-state index in [9.17, 15) is 0 Å². The molecule has 5 nitrogen and oxygen atoms in total. The summed E-state index contributed by atoms with van der Waals surface area (Å²) >= 11 is 0. The van der Waals surface area contributed by atoms with Gasteiger partial charge >= 0.3 is 9.05 Å². The summed E-state index contributed by atoms with van der Waals surface area (Å²) in [5.74, 6) is 0. The average Bonchev–Trinajstić information content (AvgIpc) is 2.23. The molecule has 0 aliphatic carbocycles. The van der Waals surface area contributed by atoms with Gasteiger partial charge in [-0.1, -0.05) is 0 Å². The normalized spacial score (nSPS) is 14.4. The molecular weight excluding hydrogens is 202 g/mol. The maximum atomic E-state index is 5.60. The Bertz CT molecular complexity index is 135. The molecule has 14 heavy (non-hydrogen) atoms. The van der Waals surface area contributed by atoms with Crippen LogP contribution in [0.4, 0.5) is 0 Å². The minimum Gasteiger partial charge on any atom is -0.355 e. The Morgan fingerprint density at radius 3 is 2.00 bits per heavy atom. The molecule has 1 atom stereocenters. The third kappa shape index (κ3) is 4.49. The summed E-state index contributed by atoms with van der Waals surface area (Å²) in [4.78, 5) is 0. The van der Waals surface area contributed by atoms with Gasteiger partial charge in [0.1, 0.15) is 0 Å². The lowest BCUT2D eigenvalue weighted by Gasteiger charge is -2.26. The molecule has 6 heteroatoms. The lowest BCUT2D eigenvalue weighted by atomic mass is 10.2. The molecule has 0 saturated carbocycles. The Balaban J connectivity index is 4.01.